The Labute approximate surface area is 187 Å². The lowest BCUT2D eigenvalue weighted by Crippen LogP contribution is -2.51. The van der Waals surface area contributed by atoms with Crippen LogP contribution in [0.5, 0.6) is 0 Å². The van der Waals surface area contributed by atoms with Gasteiger partial charge in [0, 0.05) is 0 Å². The molecule has 0 aliphatic heterocycles. The molecule has 0 heterocycles. The van der Waals surface area contributed by atoms with E-state index in [1.807, 2.05) is 11.1 Å². The van der Waals surface area contributed by atoms with Crippen LogP contribution in [-0.4, -0.2) is 11.2 Å². The van der Waals surface area contributed by atoms with E-state index < -0.39 is 0 Å². The summed E-state index contributed by atoms with van der Waals surface area (Å²) in [6, 6.07) is 0. The Morgan fingerprint density at radius 2 is 1.63 bits per heavy atom. The van der Waals surface area contributed by atoms with Crippen molar-refractivity contribution < 1.29 is 5.11 Å². The Bertz CT molecular complexity index is 676. The standard InChI is InChI=1S/C29H50O/c1-19(2)9-8-10-20(3)22-13-17-29(7)25-12-11-23-21(4)26(30)15-16-27(23,5)24(25)14-18-28(22,29)6/h19-23,26,30H,8-18H2,1-7H3/t20-,21?,22-,23+,26+,27+,28-,29+/m1/s1. The van der Waals surface area contributed by atoms with Gasteiger partial charge in [-0.1, -0.05) is 78.9 Å². The van der Waals surface area contributed by atoms with Gasteiger partial charge in [-0.2, -0.15) is 0 Å². The van der Waals surface area contributed by atoms with Crippen molar-refractivity contribution in [2.24, 2.45) is 45.8 Å². The van der Waals surface area contributed by atoms with Gasteiger partial charge >= 0.3 is 0 Å². The molecule has 0 spiro atoms. The molecule has 0 aromatic rings. The molecule has 4 aliphatic rings. The average molecular weight is 415 g/mol. The quantitative estimate of drug-likeness (QED) is 0.450. The summed E-state index contributed by atoms with van der Waals surface area (Å²) in [4.78, 5) is 0. The smallest absolute Gasteiger partial charge is 0.0569 e. The normalized spacial score (nSPS) is 47.1. The van der Waals surface area contributed by atoms with Crippen molar-refractivity contribution in [3.63, 3.8) is 0 Å². The minimum atomic E-state index is -0.0720. The Kier molecular flexibility index (Phi) is 6.05. The molecule has 4 aliphatic carbocycles. The van der Waals surface area contributed by atoms with E-state index in [9.17, 15) is 5.11 Å². The number of aliphatic hydroxyl groups excluding tert-OH is 1. The van der Waals surface area contributed by atoms with E-state index in [2.05, 4.69) is 48.5 Å². The van der Waals surface area contributed by atoms with Crippen LogP contribution in [0.3, 0.4) is 0 Å². The molecule has 0 saturated heterocycles. The van der Waals surface area contributed by atoms with Gasteiger partial charge in [-0.05, 0) is 97.2 Å². The van der Waals surface area contributed by atoms with Crippen molar-refractivity contribution in [2.45, 2.75) is 125 Å². The second-order valence-corrected chi connectivity index (χ2v) is 13.2. The van der Waals surface area contributed by atoms with Gasteiger partial charge in [-0.3, -0.25) is 0 Å². The fraction of sp³-hybridized carbons (Fsp3) is 0.931. The summed E-state index contributed by atoms with van der Waals surface area (Å²) in [5.41, 5.74) is 5.04. The molecule has 0 bridgehead atoms. The highest BCUT2D eigenvalue weighted by molar-refractivity contribution is 5.38. The molecule has 0 radical (unpaired) electrons. The highest BCUT2D eigenvalue weighted by Crippen LogP contribution is 2.71. The van der Waals surface area contributed by atoms with Crippen LogP contribution in [0, 0.1) is 45.8 Å². The molecular formula is C29H50O. The molecular weight excluding hydrogens is 364 g/mol. The Morgan fingerprint density at radius 1 is 0.900 bits per heavy atom. The fourth-order valence-corrected chi connectivity index (χ4v) is 9.30. The van der Waals surface area contributed by atoms with E-state index in [-0.39, 0.29) is 6.10 Å². The molecule has 1 N–H and O–H groups in total. The summed E-state index contributed by atoms with van der Waals surface area (Å²) in [6.45, 7) is 17.6. The summed E-state index contributed by atoms with van der Waals surface area (Å²) in [6.07, 6.45) is 14.6. The molecule has 1 heteroatoms. The largest absolute Gasteiger partial charge is 0.393 e. The van der Waals surface area contributed by atoms with Gasteiger partial charge in [-0.25, -0.2) is 0 Å². The zero-order valence-electron chi connectivity index (χ0n) is 21.2. The van der Waals surface area contributed by atoms with Gasteiger partial charge in [0.1, 0.15) is 0 Å². The van der Waals surface area contributed by atoms with Crippen LogP contribution in [-0.2, 0) is 0 Å². The van der Waals surface area contributed by atoms with E-state index >= 15 is 0 Å². The van der Waals surface area contributed by atoms with Gasteiger partial charge in [-0.15, -0.1) is 0 Å². The summed E-state index contributed by atoms with van der Waals surface area (Å²) < 4.78 is 0. The lowest BCUT2D eigenvalue weighted by molar-refractivity contribution is -0.0413. The van der Waals surface area contributed by atoms with Gasteiger partial charge in [0.05, 0.1) is 6.10 Å². The fourth-order valence-electron chi connectivity index (χ4n) is 9.30. The number of hydrogen-bond donors (Lipinski definition) is 1. The summed E-state index contributed by atoms with van der Waals surface area (Å²) in [5, 5.41) is 10.6. The van der Waals surface area contributed by atoms with Crippen molar-refractivity contribution in [1.82, 2.24) is 0 Å². The van der Waals surface area contributed by atoms with Crippen LogP contribution >= 0.6 is 0 Å². The van der Waals surface area contributed by atoms with Crippen molar-refractivity contribution >= 4 is 0 Å². The van der Waals surface area contributed by atoms with Crippen LogP contribution in [0.2, 0.25) is 0 Å². The first kappa shape index (κ1) is 22.9. The van der Waals surface area contributed by atoms with Crippen LogP contribution < -0.4 is 0 Å². The predicted octanol–water partition coefficient (Wildman–Crippen LogP) is 8.17. The lowest BCUT2D eigenvalue weighted by Gasteiger charge is -2.60. The molecule has 0 aromatic heterocycles. The lowest BCUT2D eigenvalue weighted by atomic mass is 9.45. The van der Waals surface area contributed by atoms with Crippen molar-refractivity contribution in [2.75, 3.05) is 0 Å². The first-order valence-electron chi connectivity index (χ1n) is 13.5. The molecule has 0 amide bonds. The molecule has 1 unspecified atom stereocenters. The highest BCUT2D eigenvalue weighted by Gasteiger charge is 2.62. The van der Waals surface area contributed by atoms with Gasteiger partial charge in [0.25, 0.3) is 0 Å². The van der Waals surface area contributed by atoms with E-state index in [1.165, 1.54) is 64.2 Å². The first-order chi connectivity index (χ1) is 14.0. The molecule has 8 atom stereocenters. The second kappa shape index (κ2) is 7.93. The minimum absolute atomic E-state index is 0.0720. The maximum atomic E-state index is 10.6. The van der Waals surface area contributed by atoms with E-state index in [4.69, 9.17) is 0 Å². The summed E-state index contributed by atoms with van der Waals surface area (Å²) >= 11 is 0. The van der Waals surface area contributed by atoms with Gasteiger partial charge in [0.15, 0.2) is 0 Å². The van der Waals surface area contributed by atoms with E-state index in [0.29, 0.717) is 28.1 Å². The van der Waals surface area contributed by atoms with Crippen molar-refractivity contribution in [1.29, 1.82) is 0 Å². The topological polar surface area (TPSA) is 20.2 Å². The Morgan fingerprint density at radius 3 is 2.33 bits per heavy atom. The minimum Gasteiger partial charge on any atom is -0.393 e. The molecule has 2 fully saturated rings. The first-order valence-corrected chi connectivity index (χ1v) is 13.5. The number of allylic oxidation sites excluding steroid dienone is 2. The number of aliphatic hydroxyl groups is 1. The zero-order chi connectivity index (χ0) is 21.9. The number of fused-ring (bicyclic) bond motifs is 4. The maximum absolute atomic E-state index is 10.6. The predicted molar refractivity (Wildman–Crippen MR) is 128 cm³/mol. The maximum Gasteiger partial charge on any atom is 0.0569 e. The van der Waals surface area contributed by atoms with Gasteiger partial charge in [0.2, 0.25) is 0 Å². The highest BCUT2D eigenvalue weighted by atomic mass is 16.3. The second-order valence-electron chi connectivity index (χ2n) is 13.2. The molecule has 0 aromatic carbocycles. The molecule has 172 valence electrons. The van der Waals surface area contributed by atoms with Crippen molar-refractivity contribution in [3.8, 4) is 0 Å². The van der Waals surface area contributed by atoms with Crippen LogP contribution in [0.1, 0.15) is 119 Å². The Hall–Kier alpha value is -0.300. The summed E-state index contributed by atoms with van der Waals surface area (Å²) in [7, 11) is 0. The molecule has 1 nitrogen and oxygen atoms in total. The van der Waals surface area contributed by atoms with E-state index in [0.717, 1.165) is 24.2 Å². The summed E-state index contributed by atoms with van der Waals surface area (Å²) in [5.74, 6) is 3.78. The third-order valence-electron chi connectivity index (χ3n) is 11.5. The zero-order valence-corrected chi connectivity index (χ0v) is 21.2. The van der Waals surface area contributed by atoms with Crippen molar-refractivity contribution in [3.05, 3.63) is 11.1 Å². The average Bonchev–Trinajstić information content (AvgIpc) is 2.96. The third-order valence-corrected chi connectivity index (χ3v) is 11.5. The van der Waals surface area contributed by atoms with Gasteiger partial charge < -0.3 is 5.11 Å². The number of rotatable bonds is 5. The van der Waals surface area contributed by atoms with Crippen LogP contribution in [0.25, 0.3) is 0 Å². The molecule has 30 heavy (non-hydrogen) atoms. The number of hydrogen-bond acceptors (Lipinski definition) is 1. The van der Waals surface area contributed by atoms with Crippen LogP contribution in [0.4, 0.5) is 0 Å². The third kappa shape index (κ3) is 3.27. The monoisotopic (exact) mass is 414 g/mol. The molecule has 4 rings (SSSR count). The van der Waals surface area contributed by atoms with Crippen LogP contribution in [0.15, 0.2) is 11.1 Å². The SMILES string of the molecule is CC(C)CCC[C@@H](C)[C@H]1CC[C@@]2(C)C3=C(CC[C@]12C)[C@@]1(C)CC[C@H](O)C(C)[C@@H]1CC3. The Balaban J connectivity index is 1.60. The molecule has 2 saturated carbocycles. The van der Waals surface area contributed by atoms with E-state index in [1.54, 1.807) is 0 Å².